The maximum atomic E-state index is 10.6. The van der Waals surface area contributed by atoms with Crippen LogP contribution in [0.15, 0.2) is 25.0 Å². The Labute approximate surface area is 84.1 Å². The number of ether oxygens (including phenoxy) is 3. The molecular weight excluding hydrogens is 184 g/mol. The summed E-state index contributed by atoms with van der Waals surface area (Å²) in [5, 5.41) is 0. The molecule has 0 atom stereocenters. The van der Waals surface area contributed by atoms with Gasteiger partial charge in [0.05, 0.1) is 19.0 Å². The Kier molecular flexibility index (Phi) is 7.55. The van der Waals surface area contributed by atoms with E-state index in [-0.39, 0.29) is 6.61 Å². The zero-order chi connectivity index (χ0) is 10.8. The van der Waals surface area contributed by atoms with Crippen molar-refractivity contribution in [2.24, 2.45) is 0 Å². The first-order valence-electron chi connectivity index (χ1n) is 4.32. The number of carbonyl (C=O) groups is 1. The summed E-state index contributed by atoms with van der Waals surface area (Å²) in [4.78, 5) is 10.6. The number of hydrogen-bond donors (Lipinski definition) is 0. The van der Waals surface area contributed by atoms with Crippen LogP contribution in [0.5, 0.6) is 0 Å². The highest BCUT2D eigenvalue weighted by Crippen LogP contribution is 1.89. The molecule has 0 N–H and O–H groups in total. The van der Waals surface area contributed by atoms with Crippen LogP contribution in [0.25, 0.3) is 0 Å². The van der Waals surface area contributed by atoms with Crippen molar-refractivity contribution in [2.45, 2.75) is 6.92 Å². The molecule has 80 valence electrons. The normalized spacial score (nSPS) is 9.21. The Morgan fingerprint density at radius 1 is 1.21 bits per heavy atom. The summed E-state index contributed by atoms with van der Waals surface area (Å²) in [5.74, 6) is 0.221. The number of hydrogen-bond acceptors (Lipinski definition) is 4. The molecule has 0 aromatic rings. The van der Waals surface area contributed by atoms with Gasteiger partial charge in [-0.15, -0.1) is 0 Å². The zero-order valence-electron chi connectivity index (χ0n) is 8.45. The Morgan fingerprint density at radius 2 is 1.79 bits per heavy atom. The third kappa shape index (κ3) is 8.80. The van der Waals surface area contributed by atoms with E-state index in [4.69, 9.17) is 9.47 Å². The van der Waals surface area contributed by atoms with Gasteiger partial charge in [0.2, 0.25) is 0 Å². The van der Waals surface area contributed by atoms with Gasteiger partial charge < -0.3 is 14.2 Å². The Hall–Kier alpha value is -1.29. The molecule has 0 saturated heterocycles. The average molecular weight is 200 g/mol. The van der Waals surface area contributed by atoms with Crippen LogP contribution in [0.1, 0.15) is 6.92 Å². The second-order valence-corrected chi connectivity index (χ2v) is 2.53. The van der Waals surface area contributed by atoms with Crippen molar-refractivity contribution in [3.8, 4) is 0 Å². The highest BCUT2D eigenvalue weighted by molar-refractivity contribution is 5.81. The average Bonchev–Trinajstić information content (AvgIpc) is 2.15. The van der Waals surface area contributed by atoms with E-state index in [1.165, 1.54) is 0 Å². The maximum absolute atomic E-state index is 10.6. The van der Waals surface area contributed by atoms with Crippen LogP contribution in [0.2, 0.25) is 0 Å². The minimum Gasteiger partial charge on any atom is -0.496 e. The minimum atomic E-state index is -0.438. The molecule has 0 radical (unpaired) electrons. The largest absolute Gasteiger partial charge is 0.496 e. The molecule has 0 aliphatic heterocycles. The Bertz CT molecular complexity index is 198. The molecule has 0 saturated carbocycles. The van der Waals surface area contributed by atoms with Crippen LogP contribution >= 0.6 is 0 Å². The van der Waals surface area contributed by atoms with Gasteiger partial charge in [0.25, 0.3) is 0 Å². The number of allylic oxidation sites excluding steroid dienone is 1. The predicted molar refractivity (Wildman–Crippen MR) is 52.7 cm³/mol. The molecule has 4 nitrogen and oxygen atoms in total. The van der Waals surface area contributed by atoms with Crippen molar-refractivity contribution in [3.63, 3.8) is 0 Å². The molecule has 0 rings (SSSR count). The summed E-state index contributed by atoms with van der Waals surface area (Å²) in [7, 11) is 0. The van der Waals surface area contributed by atoms with E-state index < -0.39 is 5.97 Å². The zero-order valence-corrected chi connectivity index (χ0v) is 8.45. The smallest absolute Gasteiger partial charge is 0.330 e. The lowest BCUT2D eigenvalue weighted by Crippen LogP contribution is -2.11. The summed E-state index contributed by atoms with van der Waals surface area (Å²) in [6.07, 6.45) is 1.12. The van der Waals surface area contributed by atoms with E-state index in [1.54, 1.807) is 6.92 Å². The Balaban J connectivity index is 3.10. The molecule has 0 aromatic carbocycles. The lowest BCUT2D eigenvalue weighted by Gasteiger charge is -2.06. The van der Waals surface area contributed by atoms with Crippen LogP contribution in [0, 0.1) is 0 Å². The van der Waals surface area contributed by atoms with Crippen LogP contribution in [0.3, 0.4) is 0 Å². The van der Waals surface area contributed by atoms with E-state index in [0.717, 1.165) is 6.08 Å². The van der Waals surface area contributed by atoms with E-state index >= 15 is 0 Å². The molecule has 0 aliphatic rings. The minimum absolute atomic E-state index is 0.234. The monoisotopic (exact) mass is 200 g/mol. The van der Waals surface area contributed by atoms with E-state index in [2.05, 4.69) is 17.9 Å². The predicted octanol–water partition coefficient (Wildman–Crippen LogP) is 1.28. The van der Waals surface area contributed by atoms with Crippen molar-refractivity contribution in [1.82, 2.24) is 0 Å². The van der Waals surface area contributed by atoms with Crippen molar-refractivity contribution in [3.05, 3.63) is 25.0 Å². The molecular formula is C10H16O4. The first kappa shape index (κ1) is 12.7. The fourth-order valence-corrected chi connectivity index (χ4v) is 0.637. The molecule has 0 aliphatic carbocycles. The molecule has 0 heterocycles. The summed E-state index contributed by atoms with van der Waals surface area (Å²) in [6, 6.07) is 0. The number of carbonyl (C=O) groups excluding carboxylic acids is 1. The SMILES string of the molecule is C=CC(=O)OCCOCCOC(=C)C. The molecule has 0 fully saturated rings. The molecule has 0 aromatic heterocycles. The summed E-state index contributed by atoms with van der Waals surface area (Å²) < 4.78 is 14.8. The van der Waals surface area contributed by atoms with Crippen molar-refractivity contribution in [1.29, 1.82) is 0 Å². The summed E-state index contributed by atoms with van der Waals surface area (Å²) in [6.45, 7) is 10.1. The lowest BCUT2D eigenvalue weighted by atomic mass is 10.6. The number of rotatable bonds is 8. The van der Waals surface area contributed by atoms with Gasteiger partial charge in [0.15, 0.2) is 0 Å². The first-order valence-corrected chi connectivity index (χ1v) is 4.32. The first-order chi connectivity index (χ1) is 6.66. The molecule has 14 heavy (non-hydrogen) atoms. The van der Waals surface area contributed by atoms with Crippen molar-refractivity contribution >= 4 is 5.97 Å². The molecule has 0 bridgehead atoms. The van der Waals surface area contributed by atoms with Gasteiger partial charge in [-0.05, 0) is 6.92 Å². The summed E-state index contributed by atoms with van der Waals surface area (Å²) >= 11 is 0. The highest BCUT2D eigenvalue weighted by atomic mass is 16.6. The van der Waals surface area contributed by atoms with Gasteiger partial charge in [-0.1, -0.05) is 13.2 Å². The van der Waals surface area contributed by atoms with Gasteiger partial charge in [0, 0.05) is 6.08 Å². The summed E-state index contributed by atoms with van der Waals surface area (Å²) in [5.41, 5.74) is 0. The van der Waals surface area contributed by atoms with E-state index in [0.29, 0.717) is 25.6 Å². The van der Waals surface area contributed by atoms with Crippen molar-refractivity contribution < 1.29 is 19.0 Å². The van der Waals surface area contributed by atoms with Crippen LogP contribution in [0.4, 0.5) is 0 Å². The second kappa shape index (κ2) is 8.31. The van der Waals surface area contributed by atoms with Crippen LogP contribution in [-0.2, 0) is 19.0 Å². The quantitative estimate of drug-likeness (QED) is 0.256. The third-order valence-corrected chi connectivity index (χ3v) is 1.21. The number of esters is 1. The highest BCUT2D eigenvalue weighted by Gasteiger charge is 1.94. The van der Waals surface area contributed by atoms with Crippen LogP contribution < -0.4 is 0 Å². The van der Waals surface area contributed by atoms with Gasteiger partial charge in [-0.2, -0.15) is 0 Å². The Morgan fingerprint density at radius 3 is 2.29 bits per heavy atom. The van der Waals surface area contributed by atoms with E-state index in [9.17, 15) is 4.79 Å². The lowest BCUT2D eigenvalue weighted by molar-refractivity contribution is -0.139. The molecule has 0 unspecified atom stereocenters. The standard InChI is InChI=1S/C10H16O4/c1-4-10(11)14-8-6-12-5-7-13-9(2)3/h4H,1-2,5-8H2,3H3. The fraction of sp³-hybridized carbons (Fsp3) is 0.500. The van der Waals surface area contributed by atoms with Gasteiger partial charge in [-0.25, -0.2) is 4.79 Å². The van der Waals surface area contributed by atoms with Crippen LogP contribution in [-0.4, -0.2) is 32.4 Å². The van der Waals surface area contributed by atoms with Gasteiger partial charge in [-0.3, -0.25) is 0 Å². The van der Waals surface area contributed by atoms with Gasteiger partial charge >= 0.3 is 5.97 Å². The molecule has 0 spiro atoms. The second-order valence-electron chi connectivity index (χ2n) is 2.53. The van der Waals surface area contributed by atoms with Gasteiger partial charge in [0.1, 0.15) is 13.2 Å². The van der Waals surface area contributed by atoms with E-state index in [1.807, 2.05) is 0 Å². The van der Waals surface area contributed by atoms with Crippen molar-refractivity contribution in [2.75, 3.05) is 26.4 Å². The fourth-order valence-electron chi connectivity index (χ4n) is 0.637. The maximum Gasteiger partial charge on any atom is 0.330 e. The topological polar surface area (TPSA) is 44.8 Å². The third-order valence-electron chi connectivity index (χ3n) is 1.21. The molecule has 4 heteroatoms. The molecule has 0 amide bonds.